The number of fused-ring (bicyclic) bond motifs is 2. The third-order valence-corrected chi connectivity index (χ3v) is 2.50. The van der Waals surface area contributed by atoms with Crippen LogP contribution in [0.5, 0.6) is 0 Å². The van der Waals surface area contributed by atoms with Crippen molar-refractivity contribution in [3.8, 4) is 0 Å². The molecule has 4 heteroatoms. The molecule has 2 bridgehead atoms. The second-order valence-corrected chi connectivity index (χ2v) is 3.14. The Balaban J connectivity index is 2.17. The molecule has 12 heavy (non-hydrogen) atoms. The van der Waals surface area contributed by atoms with Gasteiger partial charge in [0, 0.05) is 0 Å². The number of rotatable bonds is 1. The van der Waals surface area contributed by atoms with Gasteiger partial charge >= 0.3 is 5.97 Å². The Bertz CT molecular complexity index is 235. The smallest absolute Gasteiger partial charge is 0.319 e. The normalized spacial score (nSPS) is 38.8. The minimum atomic E-state index is -0.645. The van der Waals surface area contributed by atoms with E-state index in [0.29, 0.717) is 0 Å². The molecule has 0 radical (unpaired) electrons. The van der Waals surface area contributed by atoms with E-state index in [1.54, 1.807) is 0 Å². The van der Waals surface area contributed by atoms with Crippen molar-refractivity contribution in [2.45, 2.75) is 25.0 Å². The lowest BCUT2D eigenvalue weighted by Crippen LogP contribution is -2.34. The van der Waals surface area contributed by atoms with Crippen molar-refractivity contribution in [3.63, 3.8) is 0 Å². The van der Waals surface area contributed by atoms with E-state index in [0.717, 1.165) is 12.8 Å². The molecule has 0 aromatic heterocycles. The van der Waals surface area contributed by atoms with Crippen molar-refractivity contribution < 1.29 is 19.1 Å². The van der Waals surface area contributed by atoms with Gasteiger partial charge in [-0.25, -0.2) is 0 Å². The molecule has 0 aromatic rings. The lowest BCUT2D eigenvalue weighted by Gasteiger charge is -2.13. The highest BCUT2D eigenvalue weighted by atomic mass is 16.5. The summed E-state index contributed by atoms with van der Waals surface area (Å²) in [7, 11) is 1.29. The fourth-order valence-corrected chi connectivity index (χ4v) is 1.90. The van der Waals surface area contributed by atoms with Gasteiger partial charge in [0.1, 0.15) is 12.0 Å². The Hall–Kier alpha value is -0.900. The summed E-state index contributed by atoms with van der Waals surface area (Å²) in [6.45, 7) is 0. The SMILES string of the molecule is COC(=O)[C@H]1C(=O)[C@@H]2CC[C@H]1O2. The van der Waals surface area contributed by atoms with Crippen LogP contribution in [0.25, 0.3) is 0 Å². The van der Waals surface area contributed by atoms with Crippen LogP contribution in [0, 0.1) is 5.92 Å². The Morgan fingerprint density at radius 1 is 1.58 bits per heavy atom. The average Bonchev–Trinajstić information content (AvgIpc) is 2.63. The highest BCUT2D eigenvalue weighted by molar-refractivity contribution is 6.03. The maximum absolute atomic E-state index is 11.3. The van der Waals surface area contributed by atoms with Gasteiger partial charge in [0.25, 0.3) is 0 Å². The van der Waals surface area contributed by atoms with E-state index < -0.39 is 11.9 Å². The zero-order valence-electron chi connectivity index (χ0n) is 6.78. The molecule has 0 amide bonds. The summed E-state index contributed by atoms with van der Waals surface area (Å²) in [6.07, 6.45) is 1.02. The molecule has 0 spiro atoms. The molecule has 2 rings (SSSR count). The summed E-state index contributed by atoms with van der Waals surface area (Å²) in [6, 6.07) is 0. The third-order valence-electron chi connectivity index (χ3n) is 2.50. The summed E-state index contributed by atoms with van der Waals surface area (Å²) in [5.74, 6) is -1.20. The Morgan fingerprint density at radius 2 is 2.33 bits per heavy atom. The summed E-state index contributed by atoms with van der Waals surface area (Å²) < 4.78 is 9.79. The minimum absolute atomic E-state index is 0.0990. The molecule has 3 atom stereocenters. The van der Waals surface area contributed by atoms with Crippen molar-refractivity contribution in [2.75, 3.05) is 7.11 Å². The fourth-order valence-electron chi connectivity index (χ4n) is 1.90. The number of esters is 1. The Morgan fingerprint density at radius 3 is 2.83 bits per heavy atom. The van der Waals surface area contributed by atoms with Crippen LogP contribution in [0.15, 0.2) is 0 Å². The molecule has 2 fully saturated rings. The molecule has 66 valence electrons. The van der Waals surface area contributed by atoms with Crippen molar-refractivity contribution in [3.05, 3.63) is 0 Å². The number of hydrogen-bond donors (Lipinski definition) is 0. The summed E-state index contributed by atoms with van der Waals surface area (Å²) in [4.78, 5) is 22.4. The molecule has 2 aliphatic heterocycles. The molecule has 0 saturated carbocycles. The number of hydrogen-bond acceptors (Lipinski definition) is 4. The van der Waals surface area contributed by atoms with Crippen molar-refractivity contribution in [1.82, 2.24) is 0 Å². The first-order valence-electron chi connectivity index (χ1n) is 4.01. The Labute approximate surface area is 69.8 Å². The summed E-state index contributed by atoms with van der Waals surface area (Å²) >= 11 is 0. The van der Waals surface area contributed by atoms with Gasteiger partial charge in [-0.1, -0.05) is 0 Å². The van der Waals surface area contributed by atoms with Crippen LogP contribution >= 0.6 is 0 Å². The molecular weight excluding hydrogens is 160 g/mol. The fraction of sp³-hybridized carbons (Fsp3) is 0.750. The van der Waals surface area contributed by atoms with Crippen LogP contribution in [0.1, 0.15) is 12.8 Å². The standard InChI is InChI=1S/C8H10O4/c1-11-8(10)6-4-2-3-5(12-4)7(6)9/h4-6H,2-3H2,1H3/t4-,5+,6-/m1/s1. The van der Waals surface area contributed by atoms with Crippen LogP contribution in [0.3, 0.4) is 0 Å². The van der Waals surface area contributed by atoms with Gasteiger partial charge in [0.15, 0.2) is 5.78 Å². The van der Waals surface area contributed by atoms with E-state index in [1.807, 2.05) is 0 Å². The van der Waals surface area contributed by atoms with Gasteiger partial charge in [0.2, 0.25) is 0 Å². The molecule has 0 unspecified atom stereocenters. The largest absolute Gasteiger partial charge is 0.468 e. The van der Waals surface area contributed by atoms with Gasteiger partial charge in [0.05, 0.1) is 13.2 Å². The molecular formula is C8H10O4. The molecule has 0 aromatic carbocycles. The number of Topliss-reactive ketones (excluding diaryl/α,β-unsaturated/α-hetero) is 1. The maximum atomic E-state index is 11.3. The molecule has 2 heterocycles. The number of carbonyl (C=O) groups is 2. The summed E-state index contributed by atoms with van der Waals surface area (Å²) in [5, 5.41) is 0. The molecule has 0 aliphatic carbocycles. The van der Waals surface area contributed by atoms with Gasteiger partial charge < -0.3 is 9.47 Å². The predicted molar refractivity (Wildman–Crippen MR) is 38.4 cm³/mol. The van der Waals surface area contributed by atoms with Crippen LogP contribution in [0.2, 0.25) is 0 Å². The first-order valence-corrected chi connectivity index (χ1v) is 4.01. The van der Waals surface area contributed by atoms with Crippen LogP contribution < -0.4 is 0 Å². The third kappa shape index (κ3) is 0.876. The van der Waals surface area contributed by atoms with Crippen LogP contribution in [0.4, 0.5) is 0 Å². The molecule has 4 nitrogen and oxygen atoms in total. The topological polar surface area (TPSA) is 52.6 Å². The number of ether oxygens (including phenoxy) is 2. The van der Waals surface area contributed by atoms with E-state index in [9.17, 15) is 9.59 Å². The maximum Gasteiger partial charge on any atom is 0.319 e. The molecule has 0 N–H and O–H groups in total. The van der Waals surface area contributed by atoms with E-state index in [4.69, 9.17) is 4.74 Å². The van der Waals surface area contributed by atoms with E-state index >= 15 is 0 Å². The predicted octanol–water partition coefficient (Wildman–Crippen LogP) is -0.0941. The second kappa shape index (κ2) is 2.55. The van der Waals surface area contributed by atoms with Crippen molar-refractivity contribution in [1.29, 1.82) is 0 Å². The number of carbonyl (C=O) groups excluding carboxylic acids is 2. The Kier molecular flexibility index (Phi) is 1.65. The zero-order chi connectivity index (χ0) is 8.72. The number of ketones is 1. The number of methoxy groups -OCH3 is 1. The monoisotopic (exact) mass is 170 g/mol. The quantitative estimate of drug-likeness (QED) is 0.407. The second-order valence-electron chi connectivity index (χ2n) is 3.14. The highest BCUT2D eigenvalue weighted by Crippen LogP contribution is 2.36. The van der Waals surface area contributed by atoms with Gasteiger partial charge in [-0.05, 0) is 12.8 Å². The highest BCUT2D eigenvalue weighted by Gasteiger charge is 2.52. The molecule has 2 saturated heterocycles. The van der Waals surface area contributed by atoms with Gasteiger partial charge in [-0.15, -0.1) is 0 Å². The molecule has 2 aliphatic rings. The lowest BCUT2D eigenvalue weighted by atomic mass is 9.88. The zero-order valence-corrected chi connectivity index (χ0v) is 6.78. The first kappa shape index (κ1) is 7.73. The van der Waals surface area contributed by atoms with Gasteiger partial charge in [-0.3, -0.25) is 9.59 Å². The first-order chi connectivity index (χ1) is 5.74. The average molecular weight is 170 g/mol. The summed E-state index contributed by atoms with van der Waals surface area (Å²) in [5.41, 5.74) is 0. The van der Waals surface area contributed by atoms with Crippen molar-refractivity contribution >= 4 is 11.8 Å². The van der Waals surface area contributed by atoms with Crippen LogP contribution in [-0.2, 0) is 19.1 Å². The van der Waals surface area contributed by atoms with E-state index in [-0.39, 0.29) is 18.0 Å². The van der Waals surface area contributed by atoms with E-state index in [2.05, 4.69) is 4.74 Å². The van der Waals surface area contributed by atoms with Crippen LogP contribution in [-0.4, -0.2) is 31.1 Å². The minimum Gasteiger partial charge on any atom is -0.468 e. The van der Waals surface area contributed by atoms with Crippen molar-refractivity contribution in [2.24, 2.45) is 5.92 Å². The van der Waals surface area contributed by atoms with E-state index in [1.165, 1.54) is 7.11 Å². The lowest BCUT2D eigenvalue weighted by molar-refractivity contribution is -0.149. The van der Waals surface area contributed by atoms with Gasteiger partial charge in [-0.2, -0.15) is 0 Å².